The maximum absolute atomic E-state index is 10.7. The van der Waals surface area contributed by atoms with E-state index in [1.807, 2.05) is 6.20 Å². The predicted molar refractivity (Wildman–Crippen MR) is 78.6 cm³/mol. The van der Waals surface area contributed by atoms with Crippen LogP contribution in [0.3, 0.4) is 0 Å². The first kappa shape index (κ1) is 16.1. The highest BCUT2D eigenvalue weighted by Crippen LogP contribution is 2.29. The zero-order valence-electron chi connectivity index (χ0n) is 12.4. The van der Waals surface area contributed by atoms with Crippen LogP contribution < -0.4 is 0 Å². The van der Waals surface area contributed by atoms with Crippen LogP contribution in [0.5, 0.6) is 0 Å². The van der Waals surface area contributed by atoms with Gasteiger partial charge >= 0.3 is 5.97 Å². The second kappa shape index (κ2) is 6.46. The Morgan fingerprint density at radius 3 is 2.63 bits per heavy atom. The summed E-state index contributed by atoms with van der Waals surface area (Å²) in [5.74, 6) is -0.248. The number of carbonyl (C=O) groups is 1. The molecule has 4 nitrogen and oxygen atoms in total. The highest BCUT2D eigenvalue weighted by atomic mass is 32.2. The minimum Gasteiger partial charge on any atom is -0.481 e. The highest BCUT2D eigenvalue weighted by molar-refractivity contribution is 7.99. The lowest BCUT2D eigenvalue weighted by Gasteiger charge is -2.28. The normalized spacial score (nSPS) is 13.5. The molecule has 0 aromatic carbocycles. The minimum atomic E-state index is -0.804. The quantitative estimate of drug-likeness (QED) is 0.814. The topological polar surface area (TPSA) is 55.1 Å². The van der Waals surface area contributed by atoms with E-state index in [9.17, 15) is 4.79 Å². The van der Waals surface area contributed by atoms with Crippen molar-refractivity contribution >= 4 is 17.7 Å². The molecule has 0 aliphatic rings. The van der Waals surface area contributed by atoms with Crippen molar-refractivity contribution in [2.75, 3.05) is 5.75 Å². The molecule has 1 N–H and O–H groups in total. The maximum atomic E-state index is 10.7. The number of rotatable bonds is 6. The fraction of sp³-hybridized carbons (Fsp3) is 0.714. The van der Waals surface area contributed by atoms with Crippen LogP contribution in [0.2, 0.25) is 0 Å². The summed E-state index contributed by atoms with van der Waals surface area (Å²) >= 11 is 1.30. The Morgan fingerprint density at radius 2 is 2.16 bits per heavy atom. The van der Waals surface area contributed by atoms with Crippen LogP contribution in [0.25, 0.3) is 0 Å². The molecule has 108 valence electrons. The van der Waals surface area contributed by atoms with Crippen LogP contribution >= 0.6 is 11.8 Å². The van der Waals surface area contributed by atoms with Gasteiger partial charge in [0.25, 0.3) is 0 Å². The van der Waals surface area contributed by atoms with Gasteiger partial charge in [0, 0.05) is 18.4 Å². The molecular weight excluding hydrogens is 260 g/mol. The molecule has 0 radical (unpaired) electrons. The van der Waals surface area contributed by atoms with Crippen molar-refractivity contribution in [2.24, 2.45) is 11.3 Å². The van der Waals surface area contributed by atoms with Gasteiger partial charge in [-0.2, -0.15) is 0 Å². The van der Waals surface area contributed by atoms with Gasteiger partial charge in [-0.05, 0) is 17.8 Å². The zero-order chi connectivity index (χ0) is 14.6. The Morgan fingerprint density at radius 1 is 1.53 bits per heavy atom. The van der Waals surface area contributed by atoms with Gasteiger partial charge in [-0.15, -0.1) is 0 Å². The van der Waals surface area contributed by atoms with Crippen molar-refractivity contribution < 1.29 is 9.90 Å². The van der Waals surface area contributed by atoms with Crippen molar-refractivity contribution in [3.05, 3.63) is 11.9 Å². The predicted octanol–water partition coefficient (Wildman–Crippen LogP) is 3.30. The minimum absolute atomic E-state index is 0.0596. The van der Waals surface area contributed by atoms with Crippen LogP contribution in [0, 0.1) is 11.3 Å². The zero-order valence-corrected chi connectivity index (χ0v) is 13.3. The molecule has 0 saturated heterocycles. The molecule has 0 saturated carbocycles. The molecule has 0 fully saturated rings. The van der Waals surface area contributed by atoms with Gasteiger partial charge in [0.15, 0.2) is 5.16 Å². The van der Waals surface area contributed by atoms with Gasteiger partial charge in [0.1, 0.15) is 0 Å². The Labute approximate surface area is 119 Å². The van der Waals surface area contributed by atoms with Gasteiger partial charge in [0.05, 0.1) is 5.75 Å². The summed E-state index contributed by atoms with van der Waals surface area (Å²) in [4.78, 5) is 15.0. The van der Waals surface area contributed by atoms with E-state index < -0.39 is 5.97 Å². The molecule has 19 heavy (non-hydrogen) atoms. The van der Waals surface area contributed by atoms with E-state index >= 15 is 0 Å². The van der Waals surface area contributed by atoms with Crippen LogP contribution in [0.1, 0.15) is 40.3 Å². The van der Waals surface area contributed by atoms with Crippen LogP contribution in [0.4, 0.5) is 0 Å². The maximum Gasteiger partial charge on any atom is 0.313 e. The summed E-state index contributed by atoms with van der Waals surface area (Å²) in [6, 6.07) is 0. The Balaban J connectivity index is 2.90. The molecule has 0 amide bonds. The largest absolute Gasteiger partial charge is 0.481 e. The summed E-state index contributed by atoms with van der Waals surface area (Å²) in [5, 5.41) is 9.60. The molecule has 5 heteroatoms. The van der Waals surface area contributed by atoms with E-state index in [4.69, 9.17) is 5.11 Å². The Kier molecular flexibility index (Phi) is 5.47. The molecule has 0 spiro atoms. The number of aliphatic carboxylic acids is 1. The third kappa shape index (κ3) is 4.56. The number of aryl methyl sites for hydroxylation is 1. The first-order chi connectivity index (χ1) is 8.75. The number of nitrogens with zero attached hydrogens (tertiary/aromatic N) is 2. The van der Waals surface area contributed by atoms with Crippen LogP contribution in [-0.2, 0) is 17.8 Å². The summed E-state index contributed by atoms with van der Waals surface area (Å²) in [7, 11) is 0. The lowest BCUT2D eigenvalue weighted by molar-refractivity contribution is -0.133. The molecule has 0 bridgehead atoms. The van der Waals surface area contributed by atoms with Crippen molar-refractivity contribution in [2.45, 2.75) is 52.7 Å². The summed E-state index contributed by atoms with van der Waals surface area (Å²) < 4.78 is 2.17. The van der Waals surface area contributed by atoms with E-state index in [0.29, 0.717) is 5.92 Å². The van der Waals surface area contributed by atoms with Crippen molar-refractivity contribution in [1.29, 1.82) is 0 Å². The molecule has 1 rings (SSSR count). The monoisotopic (exact) mass is 284 g/mol. The number of thioether (sulfide) groups is 1. The van der Waals surface area contributed by atoms with Gasteiger partial charge in [0.2, 0.25) is 0 Å². The van der Waals surface area contributed by atoms with Crippen molar-refractivity contribution in [3.63, 3.8) is 0 Å². The number of aromatic nitrogens is 2. The van der Waals surface area contributed by atoms with Gasteiger partial charge in [-0.25, -0.2) is 4.98 Å². The highest BCUT2D eigenvalue weighted by Gasteiger charge is 2.22. The third-order valence-corrected chi connectivity index (χ3v) is 4.50. The fourth-order valence-electron chi connectivity index (χ4n) is 1.66. The summed E-state index contributed by atoms with van der Waals surface area (Å²) in [5.41, 5.74) is 1.40. The average Bonchev–Trinajstić information content (AvgIpc) is 2.67. The fourth-order valence-corrected chi connectivity index (χ4v) is 2.39. The van der Waals surface area contributed by atoms with Gasteiger partial charge in [-0.3, -0.25) is 4.79 Å². The van der Waals surface area contributed by atoms with Gasteiger partial charge < -0.3 is 9.67 Å². The lowest BCUT2D eigenvalue weighted by atomic mass is 9.82. The van der Waals surface area contributed by atoms with E-state index in [2.05, 4.69) is 44.2 Å². The molecule has 0 aliphatic heterocycles. The second-order valence-corrected chi connectivity index (χ2v) is 6.89. The molecule has 1 unspecified atom stereocenters. The average molecular weight is 284 g/mol. The molecule has 1 aromatic rings. The Bertz CT molecular complexity index is 435. The molecule has 1 aromatic heterocycles. The number of carboxylic acid groups (broad SMARTS) is 1. The first-order valence-electron chi connectivity index (χ1n) is 6.64. The van der Waals surface area contributed by atoms with Gasteiger partial charge in [-0.1, -0.05) is 46.4 Å². The van der Waals surface area contributed by atoms with Crippen LogP contribution in [0.15, 0.2) is 11.4 Å². The standard InChI is InChI=1S/C14H24N2O2S/c1-6-11-7-15-13(19-9-12(17)18)16(11)8-10(2)14(3,4)5/h7,10H,6,8-9H2,1-5H3,(H,17,18). The van der Waals surface area contributed by atoms with E-state index in [-0.39, 0.29) is 11.2 Å². The van der Waals surface area contributed by atoms with E-state index in [1.165, 1.54) is 17.5 Å². The molecule has 0 aliphatic carbocycles. The molecular formula is C14H24N2O2S. The first-order valence-corrected chi connectivity index (χ1v) is 7.63. The third-order valence-electron chi connectivity index (χ3n) is 3.52. The van der Waals surface area contributed by atoms with Crippen molar-refractivity contribution in [3.8, 4) is 0 Å². The van der Waals surface area contributed by atoms with E-state index in [0.717, 1.165) is 18.1 Å². The van der Waals surface area contributed by atoms with E-state index in [1.54, 1.807) is 0 Å². The smallest absolute Gasteiger partial charge is 0.313 e. The number of hydrogen-bond donors (Lipinski definition) is 1. The molecule has 1 atom stereocenters. The number of imidazole rings is 1. The summed E-state index contributed by atoms with van der Waals surface area (Å²) in [6.45, 7) is 11.9. The van der Waals surface area contributed by atoms with Crippen LogP contribution in [-0.4, -0.2) is 26.4 Å². The number of carboxylic acids is 1. The SMILES string of the molecule is CCc1cnc(SCC(=O)O)n1CC(C)C(C)(C)C. The Hall–Kier alpha value is -0.970. The lowest BCUT2D eigenvalue weighted by Crippen LogP contribution is -2.23. The second-order valence-electron chi connectivity index (χ2n) is 5.95. The number of hydrogen-bond acceptors (Lipinski definition) is 3. The van der Waals surface area contributed by atoms with Crippen molar-refractivity contribution in [1.82, 2.24) is 9.55 Å². The summed E-state index contributed by atoms with van der Waals surface area (Å²) in [6.07, 6.45) is 2.77. The molecule has 1 heterocycles.